The van der Waals surface area contributed by atoms with Crippen molar-refractivity contribution in [1.82, 2.24) is 0 Å². The second-order valence-electron chi connectivity index (χ2n) is 2.51. The zero-order chi connectivity index (χ0) is 10.9. The summed E-state index contributed by atoms with van der Waals surface area (Å²) in [6, 6.07) is 0. The van der Waals surface area contributed by atoms with Gasteiger partial charge in [0.15, 0.2) is 0 Å². The number of carboxylic acids is 2. The van der Waals surface area contributed by atoms with Crippen LogP contribution in [0.1, 0.15) is 26.7 Å². The zero-order valence-electron chi connectivity index (χ0n) is 7.99. The number of hydrogen-bond donors (Lipinski definition) is 2. The summed E-state index contributed by atoms with van der Waals surface area (Å²) in [5.74, 6) is -1.79. The van der Waals surface area contributed by atoms with Crippen LogP contribution in [0.15, 0.2) is 12.7 Å². The maximum Gasteiger partial charge on any atom is 0.306 e. The lowest BCUT2D eigenvalue weighted by molar-refractivity contribution is -0.141. The zero-order valence-corrected chi connectivity index (χ0v) is 7.99. The van der Waals surface area contributed by atoms with Crippen molar-refractivity contribution < 1.29 is 19.8 Å². The Morgan fingerprint density at radius 3 is 1.92 bits per heavy atom. The Bertz CT molecular complexity index is 174. The van der Waals surface area contributed by atoms with E-state index in [0.717, 1.165) is 0 Å². The predicted molar refractivity (Wildman–Crippen MR) is 49.5 cm³/mol. The molecule has 0 radical (unpaired) electrons. The largest absolute Gasteiger partial charge is 0.481 e. The van der Waals surface area contributed by atoms with Crippen LogP contribution in [0.4, 0.5) is 0 Å². The molecule has 0 amide bonds. The molecule has 0 saturated heterocycles. The van der Waals surface area contributed by atoms with Crippen molar-refractivity contribution >= 4 is 11.9 Å². The molecule has 13 heavy (non-hydrogen) atoms. The summed E-state index contributed by atoms with van der Waals surface area (Å²) in [6.07, 6.45) is 2.38. The average molecular weight is 188 g/mol. The Hall–Kier alpha value is -1.32. The first-order valence-corrected chi connectivity index (χ1v) is 4.01. The summed E-state index contributed by atoms with van der Waals surface area (Å²) in [5.41, 5.74) is 0. The van der Waals surface area contributed by atoms with Gasteiger partial charge in [-0.3, -0.25) is 9.59 Å². The van der Waals surface area contributed by atoms with Gasteiger partial charge in [-0.15, -0.1) is 6.58 Å². The van der Waals surface area contributed by atoms with Crippen molar-refractivity contribution in [2.45, 2.75) is 26.7 Å². The van der Waals surface area contributed by atoms with Crippen LogP contribution in [-0.2, 0) is 9.59 Å². The molecule has 0 rings (SSSR count). The van der Waals surface area contributed by atoms with Crippen LogP contribution >= 0.6 is 0 Å². The van der Waals surface area contributed by atoms with Crippen LogP contribution in [-0.4, -0.2) is 22.2 Å². The maximum atomic E-state index is 10.0. The SMILES string of the molecule is C=CCC(C)C(=O)O.CCC(=O)O. The number of rotatable bonds is 4. The lowest BCUT2D eigenvalue weighted by Crippen LogP contribution is -2.07. The summed E-state index contributed by atoms with van der Waals surface area (Å²) < 4.78 is 0. The molecule has 0 saturated carbocycles. The van der Waals surface area contributed by atoms with E-state index in [0.29, 0.717) is 6.42 Å². The molecule has 0 aromatic rings. The lowest BCUT2D eigenvalue weighted by Gasteiger charge is -1.97. The number of aliphatic carboxylic acids is 2. The highest BCUT2D eigenvalue weighted by Gasteiger charge is 2.06. The van der Waals surface area contributed by atoms with Gasteiger partial charge in [0.05, 0.1) is 5.92 Å². The van der Waals surface area contributed by atoms with E-state index in [4.69, 9.17) is 10.2 Å². The van der Waals surface area contributed by atoms with Crippen LogP contribution in [0.2, 0.25) is 0 Å². The first kappa shape index (κ1) is 14.2. The van der Waals surface area contributed by atoms with Crippen molar-refractivity contribution in [3.05, 3.63) is 12.7 Å². The van der Waals surface area contributed by atoms with E-state index in [9.17, 15) is 9.59 Å². The normalized spacial score (nSPS) is 10.6. The number of hydrogen-bond acceptors (Lipinski definition) is 2. The molecule has 4 heteroatoms. The first-order chi connectivity index (χ1) is 5.95. The van der Waals surface area contributed by atoms with Crippen molar-refractivity contribution in [3.8, 4) is 0 Å². The molecule has 0 bridgehead atoms. The van der Waals surface area contributed by atoms with E-state index in [1.807, 2.05) is 0 Å². The molecule has 1 atom stereocenters. The van der Waals surface area contributed by atoms with Gasteiger partial charge in [-0.2, -0.15) is 0 Å². The fourth-order valence-corrected chi connectivity index (χ4v) is 0.351. The highest BCUT2D eigenvalue weighted by molar-refractivity contribution is 5.69. The van der Waals surface area contributed by atoms with E-state index < -0.39 is 11.9 Å². The molecule has 1 unspecified atom stereocenters. The number of carbonyl (C=O) groups is 2. The second kappa shape index (κ2) is 8.77. The minimum absolute atomic E-state index is 0.222. The van der Waals surface area contributed by atoms with Crippen molar-refractivity contribution in [2.24, 2.45) is 5.92 Å². The Kier molecular flexibility index (Phi) is 9.60. The van der Waals surface area contributed by atoms with Crippen LogP contribution in [0.3, 0.4) is 0 Å². The molecule has 2 N–H and O–H groups in total. The van der Waals surface area contributed by atoms with Crippen molar-refractivity contribution in [2.75, 3.05) is 0 Å². The minimum Gasteiger partial charge on any atom is -0.481 e. The Balaban J connectivity index is 0. The lowest BCUT2D eigenvalue weighted by atomic mass is 10.1. The van der Waals surface area contributed by atoms with Crippen molar-refractivity contribution in [3.63, 3.8) is 0 Å². The van der Waals surface area contributed by atoms with Gasteiger partial charge in [-0.25, -0.2) is 0 Å². The molecule has 0 aliphatic carbocycles. The molecule has 0 aromatic carbocycles. The summed E-state index contributed by atoms with van der Waals surface area (Å²) in [6.45, 7) is 6.68. The summed E-state index contributed by atoms with van der Waals surface area (Å²) in [4.78, 5) is 19.4. The van der Waals surface area contributed by atoms with E-state index in [-0.39, 0.29) is 12.3 Å². The Morgan fingerprint density at radius 2 is 1.85 bits per heavy atom. The van der Waals surface area contributed by atoms with Gasteiger partial charge in [0, 0.05) is 6.42 Å². The number of allylic oxidation sites excluding steroid dienone is 1. The van der Waals surface area contributed by atoms with Gasteiger partial charge < -0.3 is 10.2 Å². The fourth-order valence-electron chi connectivity index (χ4n) is 0.351. The second-order valence-corrected chi connectivity index (χ2v) is 2.51. The van der Waals surface area contributed by atoms with Crippen LogP contribution in [0.25, 0.3) is 0 Å². The standard InChI is InChI=1S/C6H10O2.C3H6O2/c1-3-4-5(2)6(7)8;1-2-3(4)5/h3,5H,1,4H2,2H3,(H,7,8);2H2,1H3,(H,4,5). The molecular formula is C9H16O4. The van der Waals surface area contributed by atoms with E-state index in [1.165, 1.54) is 0 Å². The van der Waals surface area contributed by atoms with Crippen LogP contribution in [0, 0.1) is 5.92 Å². The smallest absolute Gasteiger partial charge is 0.306 e. The molecular weight excluding hydrogens is 172 g/mol. The average Bonchev–Trinajstić information content (AvgIpc) is 2.06. The molecule has 0 fully saturated rings. The Morgan fingerprint density at radius 1 is 1.46 bits per heavy atom. The van der Waals surface area contributed by atoms with Gasteiger partial charge >= 0.3 is 11.9 Å². The van der Waals surface area contributed by atoms with Gasteiger partial charge in [-0.05, 0) is 6.42 Å². The van der Waals surface area contributed by atoms with E-state index in [1.54, 1.807) is 19.9 Å². The highest BCUT2D eigenvalue weighted by Crippen LogP contribution is 2.00. The molecule has 4 nitrogen and oxygen atoms in total. The summed E-state index contributed by atoms with van der Waals surface area (Å²) in [7, 11) is 0. The molecule has 76 valence electrons. The quantitative estimate of drug-likeness (QED) is 0.659. The third-order valence-electron chi connectivity index (χ3n) is 1.24. The molecule has 0 aromatic heterocycles. The van der Waals surface area contributed by atoms with Crippen LogP contribution < -0.4 is 0 Å². The number of carboxylic acid groups (broad SMARTS) is 2. The van der Waals surface area contributed by atoms with E-state index >= 15 is 0 Å². The van der Waals surface area contributed by atoms with Gasteiger partial charge in [0.2, 0.25) is 0 Å². The topological polar surface area (TPSA) is 74.6 Å². The molecule has 0 aliphatic heterocycles. The predicted octanol–water partition coefficient (Wildman–Crippen LogP) is 1.76. The van der Waals surface area contributed by atoms with Crippen LogP contribution in [0.5, 0.6) is 0 Å². The molecule has 0 heterocycles. The first-order valence-electron chi connectivity index (χ1n) is 4.01. The summed E-state index contributed by atoms with van der Waals surface area (Å²) >= 11 is 0. The minimum atomic E-state index is -0.759. The third kappa shape index (κ3) is 13.6. The van der Waals surface area contributed by atoms with Crippen molar-refractivity contribution in [1.29, 1.82) is 0 Å². The van der Waals surface area contributed by atoms with E-state index in [2.05, 4.69) is 6.58 Å². The van der Waals surface area contributed by atoms with Gasteiger partial charge in [0.1, 0.15) is 0 Å². The van der Waals surface area contributed by atoms with Gasteiger partial charge in [0.25, 0.3) is 0 Å². The monoisotopic (exact) mass is 188 g/mol. The molecule has 0 spiro atoms. The summed E-state index contributed by atoms with van der Waals surface area (Å²) in [5, 5.41) is 16.0. The Labute approximate surface area is 77.9 Å². The van der Waals surface area contributed by atoms with Gasteiger partial charge in [-0.1, -0.05) is 19.9 Å². The third-order valence-corrected chi connectivity index (χ3v) is 1.24. The maximum absolute atomic E-state index is 10.0. The highest BCUT2D eigenvalue weighted by atomic mass is 16.4. The fraction of sp³-hybridized carbons (Fsp3) is 0.556. The molecule has 0 aliphatic rings.